The molecule has 3 aliphatic rings. The van der Waals surface area contributed by atoms with Gasteiger partial charge in [-0.15, -0.1) is 0 Å². The largest absolute Gasteiger partial charge is 0.365 e. The predicted octanol–water partition coefficient (Wildman–Crippen LogP) is 0.952. The van der Waals surface area contributed by atoms with E-state index in [1.165, 1.54) is 12.8 Å². The van der Waals surface area contributed by atoms with Gasteiger partial charge in [-0.2, -0.15) is 0 Å². The Labute approximate surface area is 111 Å². The molecule has 3 aliphatic heterocycles. The number of primary amides is 1. The molecule has 4 heteroatoms. The van der Waals surface area contributed by atoms with Crippen LogP contribution in [0, 0.1) is 0 Å². The minimum absolute atomic E-state index is 0.146. The summed E-state index contributed by atoms with van der Waals surface area (Å²) < 4.78 is 0.920. The Balaban J connectivity index is 2.23. The summed E-state index contributed by atoms with van der Waals surface area (Å²) in [6.07, 6.45) is 2.54. The molecule has 0 spiro atoms. The third-order valence-electron chi connectivity index (χ3n) is 5.14. The SMILES string of the molecule is CC(C)N1C[C@H]2CC[C@@H]1C[N+]2(CC(N)=O)C(C)C. The van der Waals surface area contributed by atoms with Crippen LogP contribution in [-0.2, 0) is 4.79 Å². The summed E-state index contributed by atoms with van der Waals surface area (Å²) in [5.41, 5.74) is 5.50. The lowest BCUT2D eigenvalue weighted by atomic mass is 9.85. The number of piperidine rings is 2. The summed E-state index contributed by atoms with van der Waals surface area (Å²) in [5.74, 6) is -0.146. The third-order valence-corrected chi connectivity index (χ3v) is 5.14. The van der Waals surface area contributed by atoms with Gasteiger partial charge < -0.3 is 10.2 Å². The first kappa shape index (κ1) is 13.8. The zero-order valence-electron chi connectivity index (χ0n) is 12.2. The molecule has 104 valence electrons. The molecule has 1 amide bonds. The van der Waals surface area contributed by atoms with E-state index in [4.69, 9.17) is 5.73 Å². The van der Waals surface area contributed by atoms with Crippen LogP contribution in [0.4, 0.5) is 0 Å². The highest BCUT2D eigenvalue weighted by Gasteiger charge is 2.52. The molecular formula is C14H28N3O+. The number of piperazine rings is 1. The highest BCUT2D eigenvalue weighted by atomic mass is 16.1. The number of amides is 1. The van der Waals surface area contributed by atoms with Crippen LogP contribution < -0.4 is 5.73 Å². The monoisotopic (exact) mass is 254 g/mol. The molecule has 2 N–H and O–H groups in total. The topological polar surface area (TPSA) is 46.3 Å². The van der Waals surface area contributed by atoms with Crippen LogP contribution in [0.3, 0.4) is 0 Å². The van der Waals surface area contributed by atoms with Gasteiger partial charge in [-0.3, -0.25) is 9.69 Å². The molecular weight excluding hydrogens is 226 g/mol. The van der Waals surface area contributed by atoms with Gasteiger partial charge in [0.1, 0.15) is 6.04 Å². The number of hydrogen-bond acceptors (Lipinski definition) is 2. The van der Waals surface area contributed by atoms with E-state index in [9.17, 15) is 4.79 Å². The molecule has 0 radical (unpaired) electrons. The Morgan fingerprint density at radius 3 is 2.39 bits per heavy atom. The molecule has 3 saturated heterocycles. The van der Waals surface area contributed by atoms with Crippen molar-refractivity contribution in [1.82, 2.24) is 4.90 Å². The van der Waals surface area contributed by atoms with Crippen LogP contribution in [0.25, 0.3) is 0 Å². The van der Waals surface area contributed by atoms with Crippen LogP contribution in [0.1, 0.15) is 40.5 Å². The smallest absolute Gasteiger partial charge is 0.272 e. The van der Waals surface area contributed by atoms with Crippen LogP contribution in [0.15, 0.2) is 0 Å². The average Bonchev–Trinajstić information content (AvgIpc) is 2.28. The van der Waals surface area contributed by atoms with Gasteiger partial charge in [0.15, 0.2) is 6.54 Å². The summed E-state index contributed by atoms with van der Waals surface area (Å²) in [6, 6.07) is 2.32. The quantitative estimate of drug-likeness (QED) is 0.759. The summed E-state index contributed by atoms with van der Waals surface area (Å²) in [5, 5.41) is 0. The summed E-state index contributed by atoms with van der Waals surface area (Å²) in [7, 11) is 0. The number of nitrogens with two attached hydrogens (primary N) is 1. The van der Waals surface area contributed by atoms with Crippen molar-refractivity contribution in [3.05, 3.63) is 0 Å². The van der Waals surface area contributed by atoms with Crippen molar-refractivity contribution in [3.63, 3.8) is 0 Å². The fourth-order valence-electron chi connectivity index (χ4n) is 4.12. The van der Waals surface area contributed by atoms with Crippen LogP contribution >= 0.6 is 0 Å². The maximum atomic E-state index is 11.5. The minimum atomic E-state index is -0.146. The highest BCUT2D eigenvalue weighted by molar-refractivity contribution is 5.75. The molecule has 4 nitrogen and oxygen atoms in total. The molecule has 0 aromatic carbocycles. The Morgan fingerprint density at radius 2 is 2.00 bits per heavy atom. The van der Waals surface area contributed by atoms with Crippen molar-refractivity contribution in [2.75, 3.05) is 19.6 Å². The van der Waals surface area contributed by atoms with Crippen LogP contribution in [-0.4, -0.2) is 59.1 Å². The zero-order chi connectivity index (χ0) is 13.5. The van der Waals surface area contributed by atoms with Crippen molar-refractivity contribution in [3.8, 4) is 0 Å². The van der Waals surface area contributed by atoms with Crippen molar-refractivity contribution < 1.29 is 9.28 Å². The number of fused-ring (bicyclic) bond motifs is 3. The molecule has 0 aromatic heterocycles. The molecule has 2 bridgehead atoms. The zero-order valence-corrected chi connectivity index (χ0v) is 12.2. The first-order valence-corrected chi connectivity index (χ1v) is 7.27. The fourth-order valence-corrected chi connectivity index (χ4v) is 4.12. The Hall–Kier alpha value is -0.610. The second-order valence-corrected chi connectivity index (χ2v) is 6.68. The first-order chi connectivity index (χ1) is 8.36. The van der Waals surface area contributed by atoms with Crippen LogP contribution in [0.5, 0.6) is 0 Å². The summed E-state index contributed by atoms with van der Waals surface area (Å²) in [6.45, 7) is 11.8. The number of quaternary nitrogens is 1. The van der Waals surface area contributed by atoms with Gasteiger partial charge >= 0.3 is 0 Å². The van der Waals surface area contributed by atoms with E-state index >= 15 is 0 Å². The number of carbonyl (C=O) groups excluding carboxylic acids is 1. The minimum Gasteiger partial charge on any atom is -0.365 e. The lowest BCUT2D eigenvalue weighted by Gasteiger charge is -2.60. The predicted molar refractivity (Wildman–Crippen MR) is 73.0 cm³/mol. The van der Waals surface area contributed by atoms with Crippen molar-refractivity contribution in [1.29, 1.82) is 0 Å². The van der Waals surface area contributed by atoms with Crippen molar-refractivity contribution in [2.24, 2.45) is 5.73 Å². The first-order valence-electron chi connectivity index (χ1n) is 7.27. The number of rotatable bonds is 4. The van der Waals surface area contributed by atoms with E-state index in [2.05, 4.69) is 32.6 Å². The Morgan fingerprint density at radius 1 is 1.33 bits per heavy atom. The van der Waals surface area contributed by atoms with Gasteiger partial charge in [0.2, 0.25) is 0 Å². The van der Waals surface area contributed by atoms with Gasteiger partial charge in [0, 0.05) is 12.5 Å². The Bertz CT molecular complexity index is 329. The van der Waals surface area contributed by atoms with Gasteiger partial charge in [-0.05, 0) is 34.1 Å². The lowest BCUT2D eigenvalue weighted by Crippen LogP contribution is -2.76. The van der Waals surface area contributed by atoms with Crippen molar-refractivity contribution in [2.45, 2.75) is 64.7 Å². The molecule has 0 saturated carbocycles. The van der Waals surface area contributed by atoms with E-state index in [1.54, 1.807) is 0 Å². The van der Waals surface area contributed by atoms with E-state index in [0.717, 1.165) is 17.6 Å². The molecule has 1 unspecified atom stereocenters. The second kappa shape index (κ2) is 4.82. The number of hydrogen-bond donors (Lipinski definition) is 1. The third kappa shape index (κ3) is 2.16. The summed E-state index contributed by atoms with van der Waals surface area (Å²) >= 11 is 0. The molecule has 3 fully saturated rings. The van der Waals surface area contributed by atoms with Gasteiger partial charge in [0.25, 0.3) is 5.91 Å². The van der Waals surface area contributed by atoms with Gasteiger partial charge in [-0.1, -0.05) is 0 Å². The van der Waals surface area contributed by atoms with Gasteiger partial charge in [-0.25, -0.2) is 0 Å². The van der Waals surface area contributed by atoms with E-state index in [0.29, 0.717) is 30.7 Å². The van der Waals surface area contributed by atoms with E-state index in [-0.39, 0.29) is 5.91 Å². The lowest BCUT2D eigenvalue weighted by molar-refractivity contribution is -0.975. The summed E-state index contributed by atoms with van der Waals surface area (Å²) in [4.78, 5) is 14.1. The molecule has 18 heavy (non-hydrogen) atoms. The van der Waals surface area contributed by atoms with E-state index < -0.39 is 0 Å². The van der Waals surface area contributed by atoms with Gasteiger partial charge in [0.05, 0.1) is 25.2 Å². The highest BCUT2D eigenvalue weighted by Crippen LogP contribution is 2.37. The molecule has 3 atom stereocenters. The number of carbonyl (C=O) groups is 1. The van der Waals surface area contributed by atoms with E-state index in [1.807, 2.05) is 0 Å². The van der Waals surface area contributed by atoms with Crippen molar-refractivity contribution >= 4 is 5.91 Å². The fraction of sp³-hybridized carbons (Fsp3) is 0.929. The molecule has 3 rings (SSSR count). The van der Waals surface area contributed by atoms with Crippen LogP contribution in [0.2, 0.25) is 0 Å². The second-order valence-electron chi connectivity index (χ2n) is 6.68. The maximum absolute atomic E-state index is 11.5. The average molecular weight is 254 g/mol. The Kier molecular flexibility index (Phi) is 3.70. The normalized spacial score (nSPS) is 36.6. The number of nitrogens with zero attached hydrogens (tertiary/aromatic N) is 2. The standard InChI is InChI=1S/C14H27N3O/c1-10(2)16-7-13-6-5-12(16)8-17(13,11(3)4)9-14(15)18/h10-13H,5-9H2,1-4H3,(H-,15,18)/p+1/t12-,13-,17?/m1/s1. The molecule has 0 aromatic rings. The molecule has 0 aliphatic carbocycles. The maximum Gasteiger partial charge on any atom is 0.272 e. The molecule has 3 heterocycles.